The third-order valence-corrected chi connectivity index (χ3v) is 2.32. The van der Waals surface area contributed by atoms with Gasteiger partial charge < -0.3 is 16.3 Å². The van der Waals surface area contributed by atoms with Crippen LogP contribution < -0.4 is 11.1 Å². The first-order valence-corrected chi connectivity index (χ1v) is 5.10. The van der Waals surface area contributed by atoms with E-state index >= 15 is 0 Å². The van der Waals surface area contributed by atoms with E-state index < -0.39 is 0 Å². The molecule has 0 spiro atoms. The average molecular weight is 225 g/mol. The Kier molecular flexibility index (Phi) is 4.57. The van der Waals surface area contributed by atoms with Gasteiger partial charge in [0, 0.05) is 24.2 Å². The molecule has 4 nitrogen and oxygen atoms in total. The summed E-state index contributed by atoms with van der Waals surface area (Å²) in [6.45, 7) is 2.38. The van der Waals surface area contributed by atoms with E-state index in [1.54, 1.807) is 13.0 Å². The first-order chi connectivity index (χ1) is 7.65. The zero-order chi connectivity index (χ0) is 12.0. The van der Waals surface area contributed by atoms with Crippen molar-refractivity contribution in [2.75, 3.05) is 11.9 Å². The molecule has 88 valence electrons. The summed E-state index contributed by atoms with van der Waals surface area (Å²) >= 11 is 0. The molecule has 16 heavy (non-hydrogen) atoms. The fraction of sp³-hybridized carbons (Fsp3) is 0.364. The smallest absolute Gasteiger partial charge is 0.139 e. The minimum Gasteiger partial charge on any atom is -0.409 e. The molecule has 1 rings (SSSR count). The summed E-state index contributed by atoms with van der Waals surface area (Å²) in [6.07, 6.45) is 1.24. The SMILES string of the molecule is Cc1c(F)cccc1NCCCC(N)=NO. The van der Waals surface area contributed by atoms with Gasteiger partial charge in [-0.25, -0.2) is 4.39 Å². The molecule has 0 aliphatic heterocycles. The van der Waals surface area contributed by atoms with Gasteiger partial charge in [-0.3, -0.25) is 0 Å². The Morgan fingerprint density at radius 3 is 3.00 bits per heavy atom. The summed E-state index contributed by atoms with van der Waals surface area (Å²) in [5.74, 6) is -0.0146. The molecule has 0 saturated carbocycles. The fourth-order valence-electron chi connectivity index (χ4n) is 1.34. The maximum atomic E-state index is 13.2. The lowest BCUT2D eigenvalue weighted by Gasteiger charge is -2.09. The number of halogens is 1. The number of amidine groups is 1. The normalized spacial score (nSPS) is 11.5. The lowest BCUT2D eigenvalue weighted by Crippen LogP contribution is -2.13. The number of nitrogens with one attached hydrogen (secondary N) is 1. The summed E-state index contributed by atoms with van der Waals surface area (Å²) in [4.78, 5) is 0. The van der Waals surface area contributed by atoms with Gasteiger partial charge in [0.2, 0.25) is 0 Å². The molecule has 0 aliphatic rings. The van der Waals surface area contributed by atoms with E-state index in [9.17, 15) is 4.39 Å². The molecule has 1 aromatic rings. The largest absolute Gasteiger partial charge is 0.409 e. The van der Waals surface area contributed by atoms with Crippen LogP contribution in [0.15, 0.2) is 23.4 Å². The van der Waals surface area contributed by atoms with Gasteiger partial charge in [0.05, 0.1) is 0 Å². The highest BCUT2D eigenvalue weighted by Crippen LogP contribution is 2.17. The Balaban J connectivity index is 2.41. The molecule has 0 atom stereocenters. The topological polar surface area (TPSA) is 70.6 Å². The Hall–Kier alpha value is -1.78. The van der Waals surface area contributed by atoms with E-state index in [0.29, 0.717) is 18.5 Å². The molecule has 0 saturated heterocycles. The molecular weight excluding hydrogens is 209 g/mol. The molecule has 0 fully saturated rings. The van der Waals surface area contributed by atoms with E-state index in [2.05, 4.69) is 10.5 Å². The highest BCUT2D eigenvalue weighted by atomic mass is 19.1. The third kappa shape index (κ3) is 3.42. The van der Waals surface area contributed by atoms with Crippen molar-refractivity contribution < 1.29 is 9.60 Å². The van der Waals surface area contributed by atoms with Crippen molar-refractivity contribution in [2.24, 2.45) is 10.9 Å². The number of benzene rings is 1. The van der Waals surface area contributed by atoms with Gasteiger partial charge in [-0.15, -0.1) is 0 Å². The molecular formula is C11H16FN3O. The number of rotatable bonds is 5. The highest BCUT2D eigenvalue weighted by molar-refractivity contribution is 5.79. The van der Waals surface area contributed by atoms with Crippen LogP contribution in [0.25, 0.3) is 0 Å². The van der Waals surface area contributed by atoms with Gasteiger partial charge >= 0.3 is 0 Å². The number of nitrogens with two attached hydrogens (primary N) is 1. The molecule has 0 aromatic heterocycles. The van der Waals surface area contributed by atoms with Crippen molar-refractivity contribution in [3.8, 4) is 0 Å². The van der Waals surface area contributed by atoms with Gasteiger partial charge in [-0.1, -0.05) is 11.2 Å². The Labute approximate surface area is 94.0 Å². The van der Waals surface area contributed by atoms with Crippen molar-refractivity contribution in [1.82, 2.24) is 0 Å². The van der Waals surface area contributed by atoms with Gasteiger partial charge in [-0.05, 0) is 25.5 Å². The second-order valence-electron chi connectivity index (χ2n) is 3.53. The summed E-state index contributed by atoms with van der Waals surface area (Å²) in [6, 6.07) is 4.91. The van der Waals surface area contributed by atoms with Crippen molar-refractivity contribution in [3.05, 3.63) is 29.6 Å². The fourth-order valence-corrected chi connectivity index (χ4v) is 1.34. The number of anilines is 1. The Morgan fingerprint density at radius 1 is 1.56 bits per heavy atom. The Bertz CT molecular complexity index is 379. The minimum atomic E-state index is -0.221. The molecule has 5 heteroatoms. The van der Waals surface area contributed by atoms with E-state index in [1.165, 1.54) is 6.07 Å². The highest BCUT2D eigenvalue weighted by Gasteiger charge is 2.02. The second-order valence-corrected chi connectivity index (χ2v) is 3.53. The first kappa shape index (κ1) is 12.3. The van der Waals surface area contributed by atoms with Gasteiger partial charge in [-0.2, -0.15) is 0 Å². The van der Waals surface area contributed by atoms with Gasteiger partial charge in [0.25, 0.3) is 0 Å². The minimum absolute atomic E-state index is 0.206. The van der Waals surface area contributed by atoms with Gasteiger partial charge in [0.15, 0.2) is 0 Å². The van der Waals surface area contributed by atoms with Crippen LogP contribution in [-0.2, 0) is 0 Å². The maximum absolute atomic E-state index is 13.2. The van der Waals surface area contributed by atoms with Crippen molar-refractivity contribution in [1.29, 1.82) is 0 Å². The number of oxime groups is 1. The quantitative estimate of drug-likeness (QED) is 0.236. The molecule has 0 heterocycles. The molecule has 0 radical (unpaired) electrons. The number of nitrogens with zero attached hydrogens (tertiary/aromatic N) is 1. The molecule has 4 N–H and O–H groups in total. The van der Waals surface area contributed by atoms with Crippen LogP contribution >= 0.6 is 0 Å². The number of hydrogen-bond acceptors (Lipinski definition) is 3. The van der Waals surface area contributed by atoms with Crippen molar-refractivity contribution in [3.63, 3.8) is 0 Å². The lowest BCUT2D eigenvalue weighted by atomic mass is 10.2. The van der Waals surface area contributed by atoms with Crippen LogP contribution in [0.1, 0.15) is 18.4 Å². The lowest BCUT2D eigenvalue weighted by molar-refractivity contribution is 0.316. The molecule has 0 unspecified atom stereocenters. The van der Waals surface area contributed by atoms with Crippen LogP contribution in [0.5, 0.6) is 0 Å². The molecule has 0 bridgehead atoms. The zero-order valence-electron chi connectivity index (χ0n) is 9.20. The van der Waals surface area contributed by atoms with E-state index in [4.69, 9.17) is 10.9 Å². The predicted octanol–water partition coefficient (Wildman–Crippen LogP) is 2.07. The van der Waals surface area contributed by atoms with E-state index in [-0.39, 0.29) is 11.7 Å². The van der Waals surface area contributed by atoms with Gasteiger partial charge in [0.1, 0.15) is 11.7 Å². The number of hydrogen-bond donors (Lipinski definition) is 3. The van der Waals surface area contributed by atoms with E-state index in [1.807, 2.05) is 6.07 Å². The standard InChI is InChI=1S/C11H16FN3O/c1-8-9(12)4-2-5-10(8)14-7-3-6-11(13)15-16/h2,4-5,14,16H,3,6-7H2,1H3,(H2,13,15). The molecule has 1 aromatic carbocycles. The third-order valence-electron chi connectivity index (χ3n) is 2.32. The predicted molar refractivity (Wildman–Crippen MR) is 62.3 cm³/mol. The van der Waals surface area contributed by atoms with Crippen LogP contribution in [-0.4, -0.2) is 17.6 Å². The summed E-state index contributed by atoms with van der Waals surface area (Å²) in [5, 5.41) is 14.3. The van der Waals surface area contributed by atoms with Crippen LogP contribution in [0.3, 0.4) is 0 Å². The first-order valence-electron chi connectivity index (χ1n) is 5.10. The van der Waals surface area contributed by atoms with Crippen molar-refractivity contribution >= 4 is 11.5 Å². The maximum Gasteiger partial charge on any atom is 0.139 e. The summed E-state index contributed by atoms with van der Waals surface area (Å²) in [7, 11) is 0. The second kappa shape index (κ2) is 5.95. The Morgan fingerprint density at radius 2 is 2.31 bits per heavy atom. The molecule has 0 aliphatic carbocycles. The molecule has 0 amide bonds. The zero-order valence-corrected chi connectivity index (χ0v) is 9.20. The van der Waals surface area contributed by atoms with Crippen LogP contribution in [0, 0.1) is 12.7 Å². The van der Waals surface area contributed by atoms with Crippen molar-refractivity contribution in [2.45, 2.75) is 19.8 Å². The average Bonchev–Trinajstić information content (AvgIpc) is 2.29. The van der Waals surface area contributed by atoms with Crippen LogP contribution in [0.4, 0.5) is 10.1 Å². The monoisotopic (exact) mass is 225 g/mol. The summed E-state index contributed by atoms with van der Waals surface area (Å²) < 4.78 is 13.2. The van der Waals surface area contributed by atoms with Crippen LogP contribution in [0.2, 0.25) is 0 Å². The van der Waals surface area contributed by atoms with E-state index in [0.717, 1.165) is 12.1 Å². The summed E-state index contributed by atoms with van der Waals surface area (Å²) in [5.41, 5.74) is 6.70.